The molecule has 1 aromatic heterocycles. The molecule has 4 nitrogen and oxygen atoms in total. The summed E-state index contributed by atoms with van der Waals surface area (Å²) < 4.78 is 0. The van der Waals surface area contributed by atoms with Crippen LogP contribution in [0.2, 0.25) is 0 Å². The van der Waals surface area contributed by atoms with Crippen molar-refractivity contribution in [1.82, 2.24) is 9.88 Å². The van der Waals surface area contributed by atoms with Gasteiger partial charge < -0.3 is 10.6 Å². The number of carbonyl (C=O) groups excluding carboxylic acids is 1. The van der Waals surface area contributed by atoms with Gasteiger partial charge in [0.05, 0.1) is 4.99 Å². The van der Waals surface area contributed by atoms with Crippen molar-refractivity contribution in [3.8, 4) is 0 Å². The molecule has 1 amide bonds. The molecule has 1 rings (SSSR count). The summed E-state index contributed by atoms with van der Waals surface area (Å²) in [5.74, 6) is 0.144. The Morgan fingerprint density at radius 3 is 2.61 bits per heavy atom. The van der Waals surface area contributed by atoms with E-state index >= 15 is 0 Å². The van der Waals surface area contributed by atoms with E-state index in [2.05, 4.69) is 4.98 Å². The number of hydrogen-bond acceptors (Lipinski definition) is 3. The summed E-state index contributed by atoms with van der Waals surface area (Å²) in [5.41, 5.74) is 6.56. The highest BCUT2D eigenvalue weighted by Crippen LogP contribution is 2.07. The molecule has 0 aromatic carbocycles. The van der Waals surface area contributed by atoms with E-state index in [1.807, 2.05) is 19.1 Å². The Morgan fingerprint density at radius 1 is 1.39 bits per heavy atom. The van der Waals surface area contributed by atoms with Crippen molar-refractivity contribution in [1.29, 1.82) is 0 Å². The minimum Gasteiger partial charge on any atom is -0.393 e. The Balaban J connectivity index is 2.64. The highest BCUT2D eigenvalue weighted by atomic mass is 32.1. The maximum Gasteiger partial charge on any atom is 0.222 e. The number of rotatable bonds is 7. The average molecular weight is 265 g/mol. The quantitative estimate of drug-likeness (QED) is 0.765. The molecule has 0 aliphatic heterocycles. The summed E-state index contributed by atoms with van der Waals surface area (Å²) in [5, 5.41) is 0. The minimum atomic E-state index is 0.144. The Hall–Kier alpha value is -1.49. The van der Waals surface area contributed by atoms with E-state index < -0.39 is 0 Å². The van der Waals surface area contributed by atoms with Crippen molar-refractivity contribution in [2.75, 3.05) is 6.54 Å². The first-order chi connectivity index (χ1) is 8.63. The number of carbonyl (C=O) groups is 1. The topological polar surface area (TPSA) is 59.2 Å². The molecule has 0 aliphatic rings. The summed E-state index contributed by atoms with van der Waals surface area (Å²) >= 11 is 4.86. The lowest BCUT2D eigenvalue weighted by atomic mass is 10.2. The molecule has 98 valence electrons. The number of pyridine rings is 1. The fourth-order valence-corrected chi connectivity index (χ4v) is 1.71. The van der Waals surface area contributed by atoms with Gasteiger partial charge in [-0.3, -0.25) is 9.78 Å². The van der Waals surface area contributed by atoms with Gasteiger partial charge in [0.2, 0.25) is 5.91 Å². The van der Waals surface area contributed by atoms with Crippen molar-refractivity contribution in [3.63, 3.8) is 0 Å². The summed E-state index contributed by atoms with van der Waals surface area (Å²) in [7, 11) is 0. The third-order valence-corrected chi connectivity index (χ3v) is 2.77. The van der Waals surface area contributed by atoms with Gasteiger partial charge in [-0.2, -0.15) is 0 Å². The van der Waals surface area contributed by atoms with E-state index in [9.17, 15) is 4.79 Å². The first-order valence-electron chi connectivity index (χ1n) is 6.08. The SMILES string of the molecule is CCCC(=O)N(CCC(N)=S)Cc1ccncc1. The Kier molecular flexibility index (Phi) is 6.28. The van der Waals surface area contributed by atoms with Gasteiger partial charge in [-0.25, -0.2) is 0 Å². The lowest BCUT2D eigenvalue weighted by Crippen LogP contribution is -2.33. The molecular formula is C13H19N3OS. The van der Waals surface area contributed by atoms with Crippen molar-refractivity contribution in [2.45, 2.75) is 32.7 Å². The van der Waals surface area contributed by atoms with Crippen LogP contribution >= 0.6 is 12.2 Å². The van der Waals surface area contributed by atoms with Gasteiger partial charge in [0.25, 0.3) is 0 Å². The molecule has 1 aromatic rings. The number of thiocarbonyl (C=S) groups is 1. The first-order valence-corrected chi connectivity index (χ1v) is 6.49. The first kappa shape index (κ1) is 14.6. The number of nitrogens with zero attached hydrogens (tertiary/aromatic N) is 2. The van der Waals surface area contributed by atoms with Crippen LogP contribution in [0.4, 0.5) is 0 Å². The van der Waals surface area contributed by atoms with Gasteiger partial charge in [-0.1, -0.05) is 19.1 Å². The number of amides is 1. The molecule has 0 spiro atoms. The molecule has 5 heteroatoms. The zero-order valence-electron chi connectivity index (χ0n) is 10.6. The van der Waals surface area contributed by atoms with Crippen LogP contribution in [-0.2, 0) is 11.3 Å². The monoisotopic (exact) mass is 265 g/mol. The van der Waals surface area contributed by atoms with Gasteiger partial charge in [-0.15, -0.1) is 0 Å². The molecule has 0 fully saturated rings. The van der Waals surface area contributed by atoms with Crippen molar-refractivity contribution < 1.29 is 4.79 Å². The van der Waals surface area contributed by atoms with Crippen molar-refractivity contribution in [3.05, 3.63) is 30.1 Å². The highest BCUT2D eigenvalue weighted by molar-refractivity contribution is 7.80. The molecule has 18 heavy (non-hydrogen) atoms. The fraction of sp³-hybridized carbons (Fsp3) is 0.462. The Bertz CT molecular complexity index is 394. The van der Waals surface area contributed by atoms with Gasteiger partial charge >= 0.3 is 0 Å². The van der Waals surface area contributed by atoms with Crippen molar-refractivity contribution in [2.24, 2.45) is 5.73 Å². The van der Waals surface area contributed by atoms with Crippen LogP contribution in [0.5, 0.6) is 0 Å². The predicted octanol–water partition coefficient (Wildman–Crippen LogP) is 1.89. The van der Waals surface area contributed by atoms with Gasteiger partial charge in [0, 0.05) is 38.3 Å². The summed E-state index contributed by atoms with van der Waals surface area (Å²) in [6, 6.07) is 3.82. The number of hydrogen-bond donors (Lipinski definition) is 1. The van der Waals surface area contributed by atoms with Crippen LogP contribution in [-0.4, -0.2) is 27.3 Å². The van der Waals surface area contributed by atoms with Crippen LogP contribution < -0.4 is 5.73 Å². The second-order valence-corrected chi connectivity index (χ2v) is 4.66. The van der Waals surface area contributed by atoms with E-state index in [0.717, 1.165) is 12.0 Å². The van der Waals surface area contributed by atoms with E-state index in [-0.39, 0.29) is 5.91 Å². The zero-order valence-corrected chi connectivity index (χ0v) is 11.4. The molecule has 2 N–H and O–H groups in total. The second kappa shape index (κ2) is 7.76. The fourth-order valence-electron chi connectivity index (χ4n) is 1.62. The van der Waals surface area contributed by atoms with E-state index in [0.29, 0.717) is 30.9 Å². The number of aromatic nitrogens is 1. The van der Waals surface area contributed by atoms with Crippen LogP contribution in [0.15, 0.2) is 24.5 Å². The van der Waals surface area contributed by atoms with E-state index in [1.165, 1.54) is 0 Å². The summed E-state index contributed by atoms with van der Waals surface area (Å²) in [6.07, 6.45) is 5.42. The maximum absolute atomic E-state index is 12.0. The van der Waals surface area contributed by atoms with Crippen LogP contribution in [0, 0.1) is 0 Å². The third-order valence-electron chi connectivity index (χ3n) is 2.57. The summed E-state index contributed by atoms with van der Waals surface area (Å²) in [6.45, 7) is 3.16. The molecule has 0 atom stereocenters. The minimum absolute atomic E-state index is 0.144. The van der Waals surface area contributed by atoms with Crippen LogP contribution in [0.1, 0.15) is 31.7 Å². The predicted molar refractivity (Wildman–Crippen MR) is 76.0 cm³/mol. The van der Waals surface area contributed by atoms with Gasteiger partial charge in [-0.05, 0) is 24.1 Å². The molecule has 0 saturated carbocycles. The maximum atomic E-state index is 12.0. The van der Waals surface area contributed by atoms with Gasteiger partial charge in [0.1, 0.15) is 0 Å². The largest absolute Gasteiger partial charge is 0.393 e. The van der Waals surface area contributed by atoms with Gasteiger partial charge in [0.15, 0.2) is 0 Å². The molecular weight excluding hydrogens is 246 g/mol. The normalized spacial score (nSPS) is 10.1. The number of nitrogens with two attached hydrogens (primary N) is 1. The van der Waals surface area contributed by atoms with E-state index in [1.54, 1.807) is 17.3 Å². The Labute approximate surface area is 113 Å². The van der Waals surface area contributed by atoms with Crippen molar-refractivity contribution >= 4 is 23.1 Å². The lowest BCUT2D eigenvalue weighted by molar-refractivity contribution is -0.131. The molecule has 0 radical (unpaired) electrons. The third kappa shape index (κ3) is 5.23. The summed E-state index contributed by atoms with van der Waals surface area (Å²) in [4.78, 5) is 18.2. The lowest BCUT2D eigenvalue weighted by Gasteiger charge is -2.22. The Morgan fingerprint density at radius 2 is 2.06 bits per heavy atom. The molecule has 0 aliphatic carbocycles. The average Bonchev–Trinajstić information content (AvgIpc) is 2.35. The zero-order chi connectivity index (χ0) is 13.4. The molecule has 0 saturated heterocycles. The molecule has 0 unspecified atom stereocenters. The highest BCUT2D eigenvalue weighted by Gasteiger charge is 2.13. The molecule has 1 heterocycles. The second-order valence-electron chi connectivity index (χ2n) is 4.14. The standard InChI is InChI=1S/C13H19N3OS/c1-2-3-13(17)16(9-6-12(14)18)10-11-4-7-15-8-5-11/h4-5,7-8H,2-3,6,9-10H2,1H3,(H2,14,18). The molecule has 0 bridgehead atoms. The van der Waals surface area contributed by atoms with Crippen LogP contribution in [0.25, 0.3) is 0 Å². The smallest absolute Gasteiger partial charge is 0.222 e. The van der Waals surface area contributed by atoms with E-state index in [4.69, 9.17) is 18.0 Å². The van der Waals surface area contributed by atoms with Crippen LogP contribution in [0.3, 0.4) is 0 Å².